The van der Waals surface area contributed by atoms with Crippen LogP contribution in [0, 0.1) is 138 Å². The first-order chi connectivity index (χ1) is 32.1. The normalized spacial score (nSPS) is 12.3. The van der Waals surface area contributed by atoms with Crippen LogP contribution in [-0.4, -0.2) is 19.9 Å². The summed E-state index contributed by atoms with van der Waals surface area (Å²) in [6.45, 7) is 45.5. The summed E-state index contributed by atoms with van der Waals surface area (Å²) < 4.78 is 0. The van der Waals surface area contributed by atoms with Crippen LogP contribution in [0.2, 0.25) is 0 Å². The zero-order valence-corrected chi connectivity index (χ0v) is 44.5. The van der Waals surface area contributed by atoms with Gasteiger partial charge in [-0.3, -0.25) is 0 Å². The molecular weight excluding hydrogens is 825 g/mol. The third-order valence-electron chi connectivity index (χ3n) is 17.8. The summed E-state index contributed by atoms with van der Waals surface area (Å²) in [5.74, 6) is 0. The number of nitrogens with one attached hydrogen (secondary N) is 2. The summed E-state index contributed by atoms with van der Waals surface area (Å²) in [5.41, 5.74) is 43.5. The molecular formula is C64H70N4. The van der Waals surface area contributed by atoms with Gasteiger partial charge < -0.3 is 9.97 Å². The van der Waals surface area contributed by atoms with Crippen LogP contribution in [0.25, 0.3) is 90.9 Å². The molecule has 0 radical (unpaired) electrons. The Bertz CT molecular complexity index is 3060. The summed E-state index contributed by atoms with van der Waals surface area (Å²) >= 11 is 0. The fraction of sp³-hybridized carbons (Fsp3) is 0.312. The van der Waals surface area contributed by atoms with Gasteiger partial charge in [-0.1, -0.05) is 0 Å². The molecule has 9 rings (SSSR count). The van der Waals surface area contributed by atoms with Crippen LogP contribution in [0.3, 0.4) is 0 Å². The molecule has 0 saturated heterocycles. The van der Waals surface area contributed by atoms with Crippen molar-refractivity contribution < 1.29 is 0 Å². The molecule has 0 saturated carbocycles. The quantitative estimate of drug-likeness (QED) is 0.185. The minimum Gasteiger partial charge on any atom is -0.354 e. The van der Waals surface area contributed by atoms with E-state index in [1.54, 1.807) is 0 Å². The third-order valence-corrected chi connectivity index (χ3v) is 17.8. The van der Waals surface area contributed by atoms with E-state index in [1.165, 1.54) is 134 Å². The first kappa shape index (κ1) is 46.6. The predicted molar refractivity (Wildman–Crippen MR) is 295 cm³/mol. The van der Waals surface area contributed by atoms with Gasteiger partial charge in [-0.25, -0.2) is 9.97 Å². The molecule has 3 aromatic heterocycles. The fourth-order valence-corrected chi connectivity index (χ4v) is 11.8. The van der Waals surface area contributed by atoms with Crippen molar-refractivity contribution >= 4 is 46.4 Å². The first-order valence-corrected chi connectivity index (χ1v) is 24.5. The van der Waals surface area contributed by atoms with E-state index in [0.717, 1.165) is 67.1 Å². The number of aromatic amines is 2. The van der Waals surface area contributed by atoms with Crippen LogP contribution in [-0.2, 0) is 0 Å². The van der Waals surface area contributed by atoms with Crippen LogP contribution >= 0.6 is 0 Å². The van der Waals surface area contributed by atoms with Crippen LogP contribution in [0.4, 0.5) is 0 Å². The molecule has 8 bridgehead atoms. The molecule has 0 amide bonds. The van der Waals surface area contributed by atoms with E-state index in [2.05, 4.69) is 197 Å². The molecule has 0 atom stereocenters. The second-order valence-corrected chi connectivity index (χ2v) is 20.5. The zero-order chi connectivity index (χ0) is 49.3. The second kappa shape index (κ2) is 16.6. The average molecular weight is 895 g/mol. The van der Waals surface area contributed by atoms with Crippen molar-refractivity contribution in [1.82, 2.24) is 19.9 Å². The monoisotopic (exact) mass is 895 g/mol. The average Bonchev–Trinajstić information content (AvgIpc) is 4.18. The van der Waals surface area contributed by atoms with Gasteiger partial charge in [0, 0.05) is 44.3 Å². The highest BCUT2D eigenvalue weighted by Crippen LogP contribution is 2.46. The third kappa shape index (κ3) is 6.76. The summed E-state index contributed by atoms with van der Waals surface area (Å²) in [6, 6.07) is 9.14. The highest BCUT2D eigenvalue weighted by atomic mass is 14.8. The van der Waals surface area contributed by atoms with Crippen molar-refractivity contribution in [1.29, 1.82) is 0 Å². The zero-order valence-electron chi connectivity index (χ0n) is 44.5. The van der Waals surface area contributed by atoms with Gasteiger partial charge in [0.2, 0.25) is 0 Å². The standard InChI is InChI=1S/C64H70N4/c1-29-33(5)41(13)57(42(14)34(29)6)61-49-21-23-51(65-49)62(58-43(15)35(7)30(2)36(8)44(58)16)53-25-27-55(67-53)64(60-47(19)39(11)32(4)40(12)48(60)20)56-28-26-54(68-56)63(52-24-22-50(61)66-52)59-45(17)37(9)31(3)38(10)46(59)18/h21-28,65,68H,1-20H3. The number of benzene rings is 4. The lowest BCUT2D eigenvalue weighted by Gasteiger charge is -2.20. The largest absolute Gasteiger partial charge is 0.354 e. The first-order valence-electron chi connectivity index (χ1n) is 24.5. The van der Waals surface area contributed by atoms with Gasteiger partial charge in [0.1, 0.15) is 0 Å². The van der Waals surface area contributed by atoms with Gasteiger partial charge >= 0.3 is 0 Å². The molecule has 5 heterocycles. The van der Waals surface area contributed by atoms with E-state index in [-0.39, 0.29) is 0 Å². The Hall–Kier alpha value is -6.52. The molecule has 7 aromatic rings. The van der Waals surface area contributed by atoms with Gasteiger partial charge in [-0.05, 0) is 321 Å². The molecule has 346 valence electrons. The van der Waals surface area contributed by atoms with Gasteiger partial charge in [0.25, 0.3) is 0 Å². The van der Waals surface area contributed by atoms with Crippen molar-refractivity contribution in [2.75, 3.05) is 0 Å². The molecule has 0 unspecified atom stereocenters. The Kier molecular flexibility index (Phi) is 11.4. The van der Waals surface area contributed by atoms with Crippen molar-refractivity contribution in [3.05, 3.63) is 158 Å². The smallest absolute Gasteiger partial charge is 0.0737 e. The SMILES string of the molecule is Cc1c(C)c(C)c(-c2c3nc(c(-c4c(C)c(C)c(C)c(C)c4C)c4ccc([nH]4)c(-c4c(C)c(C)c(C)c(C)c4C)c4nc(c(-c5c(C)c(C)c(C)c(C)c5C)c5ccc2[nH]5)C=C4)C=C3)c(C)c1C. The molecule has 0 spiro atoms. The Morgan fingerprint density at radius 3 is 0.515 bits per heavy atom. The van der Waals surface area contributed by atoms with Crippen LogP contribution in [0.5, 0.6) is 0 Å². The number of rotatable bonds is 4. The van der Waals surface area contributed by atoms with Gasteiger partial charge in [-0.15, -0.1) is 0 Å². The number of H-pyrrole nitrogens is 2. The van der Waals surface area contributed by atoms with Crippen LogP contribution in [0.1, 0.15) is 134 Å². The molecule has 2 aliphatic rings. The summed E-state index contributed by atoms with van der Waals surface area (Å²) in [6.07, 6.45) is 9.03. The lowest BCUT2D eigenvalue weighted by atomic mass is 9.85. The van der Waals surface area contributed by atoms with E-state index < -0.39 is 0 Å². The van der Waals surface area contributed by atoms with Gasteiger partial charge in [0.15, 0.2) is 0 Å². The van der Waals surface area contributed by atoms with E-state index in [1.807, 2.05) is 0 Å². The number of aromatic nitrogens is 4. The minimum atomic E-state index is 0.947. The van der Waals surface area contributed by atoms with E-state index in [9.17, 15) is 0 Å². The van der Waals surface area contributed by atoms with Gasteiger partial charge in [0.05, 0.1) is 22.8 Å². The van der Waals surface area contributed by atoms with Crippen LogP contribution in [0.15, 0.2) is 24.3 Å². The van der Waals surface area contributed by atoms with Crippen molar-refractivity contribution in [3.8, 4) is 44.5 Å². The van der Waals surface area contributed by atoms with Crippen LogP contribution < -0.4 is 0 Å². The minimum absolute atomic E-state index is 0.947. The molecule has 4 aromatic carbocycles. The van der Waals surface area contributed by atoms with Crippen molar-refractivity contribution in [2.45, 2.75) is 138 Å². The molecule has 2 aliphatic heterocycles. The van der Waals surface area contributed by atoms with Crippen molar-refractivity contribution in [2.24, 2.45) is 0 Å². The van der Waals surface area contributed by atoms with E-state index in [0.29, 0.717) is 0 Å². The Morgan fingerprint density at radius 2 is 0.353 bits per heavy atom. The fourth-order valence-electron chi connectivity index (χ4n) is 11.8. The molecule has 68 heavy (non-hydrogen) atoms. The molecule has 4 nitrogen and oxygen atoms in total. The summed E-state index contributed by atoms with van der Waals surface area (Å²) in [4.78, 5) is 19.8. The maximum absolute atomic E-state index is 5.80. The van der Waals surface area contributed by atoms with E-state index in [4.69, 9.17) is 9.97 Å². The maximum atomic E-state index is 5.80. The van der Waals surface area contributed by atoms with Crippen molar-refractivity contribution in [3.63, 3.8) is 0 Å². The summed E-state index contributed by atoms with van der Waals surface area (Å²) in [7, 11) is 0. The number of nitrogens with zero attached hydrogens (tertiary/aromatic N) is 2. The highest BCUT2D eigenvalue weighted by Gasteiger charge is 2.27. The molecule has 0 fully saturated rings. The Morgan fingerprint density at radius 1 is 0.206 bits per heavy atom. The number of hydrogen-bond acceptors (Lipinski definition) is 2. The predicted octanol–water partition coefficient (Wildman–Crippen LogP) is 17.5. The molecule has 4 heteroatoms. The lowest BCUT2D eigenvalue weighted by Crippen LogP contribution is -2.02. The maximum Gasteiger partial charge on any atom is 0.0737 e. The molecule has 2 N–H and O–H groups in total. The highest BCUT2D eigenvalue weighted by molar-refractivity contribution is 6.02. The van der Waals surface area contributed by atoms with Gasteiger partial charge in [-0.2, -0.15) is 0 Å². The van der Waals surface area contributed by atoms with E-state index >= 15 is 0 Å². The molecule has 0 aliphatic carbocycles. The second-order valence-electron chi connectivity index (χ2n) is 20.5. The lowest BCUT2D eigenvalue weighted by molar-refractivity contribution is 1.17. The Balaban J connectivity index is 1.60. The summed E-state index contributed by atoms with van der Waals surface area (Å²) in [5, 5.41) is 0. The number of fused-ring (bicyclic) bond motifs is 8. The topological polar surface area (TPSA) is 57.4 Å². The Labute approximate surface area is 405 Å². The number of hydrogen-bond donors (Lipinski definition) is 2.